The molecule has 0 amide bonds. The van der Waals surface area contributed by atoms with Gasteiger partial charge in [-0.2, -0.15) is 4.98 Å². The Bertz CT molecular complexity index is 1250. The van der Waals surface area contributed by atoms with Crippen molar-refractivity contribution < 1.29 is 26.7 Å². The highest BCUT2D eigenvalue weighted by Gasteiger charge is 2.27. The van der Waals surface area contributed by atoms with E-state index in [0.717, 1.165) is 31.8 Å². The van der Waals surface area contributed by atoms with Crippen LogP contribution < -0.4 is 20.5 Å². The number of likely N-dealkylation sites (tertiary alicyclic amines) is 1. The van der Waals surface area contributed by atoms with Gasteiger partial charge in [0.2, 0.25) is 21.8 Å². The van der Waals surface area contributed by atoms with Crippen LogP contribution in [0.25, 0.3) is 0 Å². The molecule has 0 atom stereocenters. The Labute approximate surface area is 221 Å². The van der Waals surface area contributed by atoms with Crippen LogP contribution >= 0.6 is 0 Å². The van der Waals surface area contributed by atoms with Crippen molar-refractivity contribution in [3.05, 3.63) is 41.1 Å². The van der Waals surface area contributed by atoms with Gasteiger partial charge in [0.25, 0.3) is 0 Å². The molecule has 0 bridgehead atoms. The number of nitrogens with two attached hydrogens (primary N) is 1. The van der Waals surface area contributed by atoms with Gasteiger partial charge in [-0.1, -0.05) is 0 Å². The third-order valence-corrected chi connectivity index (χ3v) is 8.58. The summed E-state index contributed by atoms with van der Waals surface area (Å²) in [6, 6.07) is 1.90. The van der Waals surface area contributed by atoms with Gasteiger partial charge in [0, 0.05) is 18.3 Å². The van der Waals surface area contributed by atoms with Crippen LogP contribution in [0, 0.1) is 11.6 Å². The molecule has 1 saturated carbocycles. The maximum Gasteiger partial charge on any atom is 0.224 e. The highest BCUT2D eigenvalue weighted by molar-refractivity contribution is 7.89. The summed E-state index contributed by atoms with van der Waals surface area (Å²) in [6.45, 7) is 2.92. The summed E-state index contributed by atoms with van der Waals surface area (Å²) in [5.74, 6) is -3.41. The number of sulfonamides is 1. The van der Waals surface area contributed by atoms with E-state index in [1.54, 1.807) is 0 Å². The summed E-state index contributed by atoms with van der Waals surface area (Å²) < 4.78 is 60.9. The smallest absolute Gasteiger partial charge is 0.224 e. The Kier molecular flexibility index (Phi) is 9.11. The minimum Gasteiger partial charge on any atom is -0.496 e. The topological polar surface area (TPSA) is 140 Å². The van der Waals surface area contributed by atoms with Crippen molar-refractivity contribution >= 4 is 27.6 Å². The monoisotopic (exact) mass is 552 g/mol. The quantitative estimate of drug-likeness (QED) is 0.359. The zero-order chi connectivity index (χ0) is 27.3. The number of rotatable bonds is 11. The number of ether oxygens (including phenoxy) is 1. The van der Waals surface area contributed by atoms with Gasteiger partial charge in [0.15, 0.2) is 11.6 Å². The van der Waals surface area contributed by atoms with E-state index in [0.29, 0.717) is 32.1 Å². The van der Waals surface area contributed by atoms with E-state index in [-0.39, 0.29) is 40.9 Å². The number of methoxy groups -OCH3 is 1. The number of halogens is 2. The van der Waals surface area contributed by atoms with Crippen molar-refractivity contribution in [2.75, 3.05) is 43.5 Å². The predicted molar refractivity (Wildman–Crippen MR) is 140 cm³/mol. The minimum atomic E-state index is -3.33. The maximum absolute atomic E-state index is 14.4. The average molecular weight is 553 g/mol. The first kappa shape index (κ1) is 28.1. The first-order valence-electron chi connectivity index (χ1n) is 12.8. The summed E-state index contributed by atoms with van der Waals surface area (Å²) in [5, 5.41) is 3.16. The molecule has 2 fully saturated rings. The van der Waals surface area contributed by atoms with Gasteiger partial charge in [-0.05, 0) is 76.7 Å². The molecule has 13 heteroatoms. The number of nitrogens with one attached hydrogen (secondary N) is 2. The molecule has 1 aromatic carbocycles. The highest BCUT2D eigenvalue weighted by atomic mass is 32.2. The predicted octanol–water partition coefficient (Wildman–Crippen LogP) is 2.71. The van der Waals surface area contributed by atoms with Gasteiger partial charge in [-0.25, -0.2) is 26.9 Å². The lowest BCUT2D eigenvalue weighted by Gasteiger charge is -2.29. The fourth-order valence-electron chi connectivity index (χ4n) is 5.02. The fourth-order valence-corrected chi connectivity index (χ4v) is 6.39. The number of nitrogens with zero attached hydrogens (tertiary/aromatic N) is 3. The molecule has 2 heterocycles. The van der Waals surface area contributed by atoms with Crippen LogP contribution in [0.3, 0.4) is 0 Å². The second-order valence-corrected chi connectivity index (χ2v) is 11.7. The van der Waals surface area contributed by atoms with Crippen LogP contribution in [-0.2, 0) is 10.0 Å². The number of carbonyl (C=O) groups is 1. The molecule has 4 rings (SSSR count). The molecule has 38 heavy (non-hydrogen) atoms. The number of ketones is 1. The van der Waals surface area contributed by atoms with Crippen molar-refractivity contribution in [2.24, 2.45) is 0 Å². The molecule has 10 nitrogen and oxygen atoms in total. The van der Waals surface area contributed by atoms with Gasteiger partial charge < -0.3 is 20.7 Å². The minimum absolute atomic E-state index is 0.00682. The van der Waals surface area contributed by atoms with Crippen LogP contribution in [0.2, 0.25) is 0 Å². The van der Waals surface area contributed by atoms with Crippen LogP contribution in [-0.4, -0.2) is 73.6 Å². The summed E-state index contributed by atoms with van der Waals surface area (Å²) in [6.07, 6.45) is 6.87. The Hall–Kier alpha value is -2.90. The second kappa shape index (κ2) is 12.3. The Morgan fingerprint density at radius 2 is 1.84 bits per heavy atom. The van der Waals surface area contributed by atoms with Crippen LogP contribution in [0.5, 0.6) is 5.75 Å². The average Bonchev–Trinajstić information content (AvgIpc) is 3.40. The SMILES string of the molecule is COc1ccc(F)c(F)c1C(=O)c1cnc(N[C@H]2CC[C@H](NS(=O)(=O)CCCN3CCCC3)CC2)nc1N. The normalized spacial score (nSPS) is 20.4. The lowest BCUT2D eigenvalue weighted by Crippen LogP contribution is -2.41. The van der Waals surface area contributed by atoms with Gasteiger partial charge in [-0.15, -0.1) is 0 Å². The van der Waals surface area contributed by atoms with E-state index in [1.807, 2.05) is 0 Å². The molecular weight excluding hydrogens is 518 g/mol. The molecule has 1 aromatic heterocycles. The Morgan fingerprint density at radius 3 is 2.50 bits per heavy atom. The molecule has 1 aliphatic carbocycles. The molecule has 208 valence electrons. The van der Waals surface area contributed by atoms with Crippen molar-refractivity contribution in [3.63, 3.8) is 0 Å². The summed E-state index contributed by atoms with van der Waals surface area (Å²) >= 11 is 0. The summed E-state index contributed by atoms with van der Waals surface area (Å²) in [4.78, 5) is 23.4. The number of benzene rings is 1. The van der Waals surface area contributed by atoms with Gasteiger partial charge in [0.1, 0.15) is 17.1 Å². The number of hydrogen-bond donors (Lipinski definition) is 3. The van der Waals surface area contributed by atoms with Crippen LogP contribution in [0.4, 0.5) is 20.5 Å². The van der Waals surface area contributed by atoms with Crippen molar-refractivity contribution in [3.8, 4) is 5.75 Å². The zero-order valence-electron chi connectivity index (χ0n) is 21.4. The van der Waals surface area contributed by atoms with E-state index >= 15 is 0 Å². The number of carbonyl (C=O) groups excluding carboxylic acids is 1. The van der Waals surface area contributed by atoms with Crippen molar-refractivity contribution in [1.82, 2.24) is 19.6 Å². The van der Waals surface area contributed by atoms with E-state index in [9.17, 15) is 22.0 Å². The summed E-state index contributed by atoms with van der Waals surface area (Å²) in [5.41, 5.74) is 5.20. The molecule has 1 aliphatic heterocycles. The van der Waals surface area contributed by atoms with Crippen LogP contribution in [0.1, 0.15) is 60.9 Å². The molecule has 2 aliphatic rings. The van der Waals surface area contributed by atoms with Gasteiger partial charge in [0.05, 0.1) is 18.4 Å². The summed E-state index contributed by atoms with van der Waals surface area (Å²) in [7, 11) is -2.09. The third kappa shape index (κ3) is 6.94. The lowest BCUT2D eigenvalue weighted by atomic mass is 9.92. The first-order chi connectivity index (χ1) is 18.2. The van der Waals surface area contributed by atoms with Gasteiger partial charge in [-0.3, -0.25) is 4.79 Å². The Balaban J connectivity index is 1.29. The molecule has 0 radical (unpaired) electrons. The lowest BCUT2D eigenvalue weighted by molar-refractivity contribution is 0.103. The van der Waals surface area contributed by atoms with E-state index in [2.05, 4.69) is 24.9 Å². The standard InChI is InChI=1S/C25H34F2N6O4S/c1-37-20-10-9-19(26)22(27)21(20)23(34)18-15-29-25(31-24(18)28)30-16-5-7-17(8-6-16)32-38(35,36)14-4-13-33-11-2-3-12-33/h9-10,15-17,32H,2-8,11-14H2,1H3,(H3,28,29,30,31)/t16-,17-. The van der Waals surface area contributed by atoms with E-state index < -0.39 is 33.0 Å². The number of nitrogen functional groups attached to an aromatic ring is 1. The Morgan fingerprint density at radius 1 is 1.16 bits per heavy atom. The maximum atomic E-state index is 14.4. The van der Waals surface area contributed by atoms with E-state index in [1.165, 1.54) is 26.1 Å². The van der Waals surface area contributed by atoms with Gasteiger partial charge >= 0.3 is 0 Å². The van der Waals surface area contributed by atoms with Crippen LogP contribution in [0.15, 0.2) is 18.3 Å². The second-order valence-electron chi connectivity index (χ2n) is 9.79. The molecule has 4 N–H and O–H groups in total. The number of aromatic nitrogens is 2. The highest BCUT2D eigenvalue weighted by Crippen LogP contribution is 2.28. The van der Waals surface area contributed by atoms with Crippen molar-refractivity contribution in [1.29, 1.82) is 0 Å². The molecular formula is C25H34F2N6O4S. The number of anilines is 2. The molecule has 0 unspecified atom stereocenters. The number of hydrogen-bond acceptors (Lipinski definition) is 9. The molecule has 1 saturated heterocycles. The molecule has 2 aromatic rings. The third-order valence-electron chi connectivity index (χ3n) is 7.06. The first-order valence-corrected chi connectivity index (χ1v) is 14.5. The van der Waals surface area contributed by atoms with Crippen molar-refractivity contribution in [2.45, 2.75) is 57.0 Å². The van der Waals surface area contributed by atoms with E-state index in [4.69, 9.17) is 10.5 Å². The fraction of sp³-hybridized carbons (Fsp3) is 0.560. The largest absolute Gasteiger partial charge is 0.496 e. The molecule has 0 spiro atoms. The zero-order valence-corrected chi connectivity index (χ0v) is 22.2.